The lowest BCUT2D eigenvalue weighted by Gasteiger charge is -2.17. The summed E-state index contributed by atoms with van der Waals surface area (Å²) in [7, 11) is 0. The Morgan fingerprint density at radius 1 is 1.20 bits per heavy atom. The van der Waals surface area contributed by atoms with Gasteiger partial charge in [-0.3, -0.25) is 4.79 Å². The molecule has 20 heavy (non-hydrogen) atoms. The summed E-state index contributed by atoms with van der Waals surface area (Å²) in [5.41, 5.74) is 2.91. The highest BCUT2D eigenvalue weighted by atomic mass is 16.4. The zero-order valence-electron chi connectivity index (χ0n) is 12.0. The van der Waals surface area contributed by atoms with Crippen LogP contribution in [0.2, 0.25) is 0 Å². The number of anilines is 1. The molecule has 1 aromatic rings. The number of hydrogen-bond donors (Lipinski definition) is 2. The summed E-state index contributed by atoms with van der Waals surface area (Å²) >= 11 is 0. The van der Waals surface area contributed by atoms with E-state index in [4.69, 9.17) is 5.11 Å². The molecule has 1 heterocycles. The molecule has 1 saturated heterocycles. The molecule has 108 valence electrons. The Kier molecular flexibility index (Phi) is 3.97. The second-order valence-corrected chi connectivity index (χ2v) is 5.63. The normalized spacial score (nSPS) is 21.9. The monoisotopic (exact) mass is 276 g/mol. The Morgan fingerprint density at radius 3 is 2.30 bits per heavy atom. The predicted octanol–water partition coefficient (Wildman–Crippen LogP) is 2.49. The van der Waals surface area contributed by atoms with E-state index in [0.29, 0.717) is 6.54 Å². The van der Waals surface area contributed by atoms with Gasteiger partial charge in [0.15, 0.2) is 0 Å². The minimum Gasteiger partial charge on any atom is -0.481 e. The van der Waals surface area contributed by atoms with Gasteiger partial charge in [-0.15, -0.1) is 0 Å². The molecule has 1 fully saturated rings. The fourth-order valence-corrected chi connectivity index (χ4v) is 2.70. The minimum atomic E-state index is -0.834. The molecule has 0 aromatic heterocycles. The van der Waals surface area contributed by atoms with Gasteiger partial charge < -0.3 is 15.3 Å². The number of carboxylic acid groups (broad SMARTS) is 1. The van der Waals surface area contributed by atoms with E-state index in [2.05, 4.69) is 5.32 Å². The van der Waals surface area contributed by atoms with Crippen LogP contribution in [0.1, 0.15) is 18.1 Å². The fraction of sp³-hybridized carbons (Fsp3) is 0.467. The van der Waals surface area contributed by atoms with E-state index in [1.807, 2.05) is 39.0 Å². The Hall–Kier alpha value is -2.04. The van der Waals surface area contributed by atoms with E-state index in [9.17, 15) is 9.59 Å². The molecule has 0 saturated carbocycles. The van der Waals surface area contributed by atoms with Gasteiger partial charge in [-0.25, -0.2) is 4.79 Å². The van der Waals surface area contributed by atoms with Crippen LogP contribution in [-0.2, 0) is 4.79 Å². The van der Waals surface area contributed by atoms with Gasteiger partial charge >= 0.3 is 12.0 Å². The van der Waals surface area contributed by atoms with Crippen LogP contribution >= 0.6 is 0 Å². The number of benzene rings is 1. The van der Waals surface area contributed by atoms with Crippen molar-refractivity contribution in [2.24, 2.45) is 11.8 Å². The smallest absolute Gasteiger partial charge is 0.321 e. The molecule has 5 nitrogen and oxygen atoms in total. The topological polar surface area (TPSA) is 69.6 Å². The van der Waals surface area contributed by atoms with Gasteiger partial charge in [0.1, 0.15) is 0 Å². The lowest BCUT2D eigenvalue weighted by atomic mass is 9.99. The number of carboxylic acids is 1. The van der Waals surface area contributed by atoms with E-state index in [-0.39, 0.29) is 18.5 Å². The van der Waals surface area contributed by atoms with Gasteiger partial charge in [-0.05, 0) is 43.0 Å². The highest BCUT2D eigenvalue weighted by molar-refractivity contribution is 5.90. The van der Waals surface area contributed by atoms with Crippen molar-refractivity contribution in [2.45, 2.75) is 20.8 Å². The number of aliphatic carboxylic acids is 1. The van der Waals surface area contributed by atoms with Crippen LogP contribution in [0.3, 0.4) is 0 Å². The molecule has 1 aliphatic rings. The molecule has 0 radical (unpaired) electrons. The molecule has 2 atom stereocenters. The van der Waals surface area contributed by atoms with Crippen LogP contribution in [0.15, 0.2) is 18.2 Å². The van der Waals surface area contributed by atoms with E-state index in [1.165, 1.54) is 0 Å². The van der Waals surface area contributed by atoms with E-state index >= 15 is 0 Å². The quantitative estimate of drug-likeness (QED) is 0.872. The summed E-state index contributed by atoms with van der Waals surface area (Å²) in [4.78, 5) is 24.8. The number of nitrogens with one attached hydrogen (secondary N) is 1. The number of hydrogen-bond acceptors (Lipinski definition) is 2. The van der Waals surface area contributed by atoms with Crippen molar-refractivity contribution in [3.8, 4) is 0 Å². The van der Waals surface area contributed by atoms with Crippen molar-refractivity contribution >= 4 is 17.7 Å². The van der Waals surface area contributed by atoms with Gasteiger partial charge in [-0.2, -0.15) is 0 Å². The highest BCUT2D eigenvalue weighted by Gasteiger charge is 2.36. The molecular weight excluding hydrogens is 256 g/mol. The number of rotatable bonds is 2. The number of amides is 2. The van der Waals surface area contributed by atoms with Crippen LogP contribution < -0.4 is 5.32 Å². The maximum absolute atomic E-state index is 12.2. The number of urea groups is 1. The molecule has 0 spiro atoms. The number of carbonyl (C=O) groups excluding carboxylic acids is 1. The average Bonchev–Trinajstić information content (AvgIpc) is 2.70. The van der Waals surface area contributed by atoms with Crippen LogP contribution in [0.5, 0.6) is 0 Å². The summed E-state index contributed by atoms with van der Waals surface area (Å²) < 4.78 is 0. The average molecular weight is 276 g/mol. The first-order valence-electron chi connectivity index (χ1n) is 6.74. The summed E-state index contributed by atoms with van der Waals surface area (Å²) in [6, 6.07) is 5.61. The molecule has 2 rings (SSSR count). The standard InChI is InChI=1S/C15H20N2O3/c1-9-4-10(2)6-12(5-9)16-15(20)17-7-11(3)13(8-17)14(18)19/h4-6,11,13H,7-8H2,1-3H3,(H,16,20)(H,18,19). The van der Waals surface area contributed by atoms with Crippen molar-refractivity contribution in [2.75, 3.05) is 18.4 Å². The van der Waals surface area contributed by atoms with Gasteiger partial charge in [0.05, 0.1) is 5.92 Å². The Balaban J connectivity index is 2.04. The van der Waals surface area contributed by atoms with E-state index in [0.717, 1.165) is 16.8 Å². The molecule has 1 aliphatic heterocycles. The minimum absolute atomic E-state index is 0.0162. The summed E-state index contributed by atoms with van der Waals surface area (Å²) in [5, 5.41) is 11.9. The van der Waals surface area contributed by atoms with Crippen LogP contribution in [0.4, 0.5) is 10.5 Å². The number of nitrogens with zero attached hydrogens (tertiary/aromatic N) is 1. The first-order valence-corrected chi connectivity index (χ1v) is 6.74. The lowest BCUT2D eigenvalue weighted by molar-refractivity contribution is -0.142. The molecule has 2 N–H and O–H groups in total. The Bertz CT molecular complexity index is 522. The SMILES string of the molecule is Cc1cc(C)cc(NC(=O)N2CC(C)C(C(=O)O)C2)c1. The number of likely N-dealkylation sites (tertiary alicyclic amines) is 1. The first-order chi connectivity index (χ1) is 9.36. The van der Waals surface area contributed by atoms with Crippen molar-refractivity contribution in [1.29, 1.82) is 0 Å². The summed E-state index contributed by atoms with van der Waals surface area (Å²) in [5.74, 6) is -1.32. The van der Waals surface area contributed by atoms with Crippen molar-refractivity contribution in [3.63, 3.8) is 0 Å². The predicted molar refractivity (Wildman–Crippen MR) is 76.8 cm³/mol. The molecule has 0 aliphatic carbocycles. The van der Waals surface area contributed by atoms with Crippen molar-refractivity contribution in [3.05, 3.63) is 29.3 Å². The third kappa shape index (κ3) is 3.10. The number of aryl methyl sites for hydroxylation is 2. The second-order valence-electron chi connectivity index (χ2n) is 5.63. The van der Waals surface area contributed by atoms with Gasteiger partial charge in [0, 0.05) is 18.8 Å². The third-order valence-electron chi connectivity index (χ3n) is 3.69. The summed E-state index contributed by atoms with van der Waals surface area (Å²) in [6.45, 7) is 6.56. The van der Waals surface area contributed by atoms with E-state index < -0.39 is 11.9 Å². The zero-order chi connectivity index (χ0) is 14.9. The maximum atomic E-state index is 12.2. The first kappa shape index (κ1) is 14.4. The van der Waals surface area contributed by atoms with Gasteiger partial charge in [0.2, 0.25) is 0 Å². The van der Waals surface area contributed by atoms with Crippen molar-refractivity contribution < 1.29 is 14.7 Å². The van der Waals surface area contributed by atoms with Crippen LogP contribution in [-0.4, -0.2) is 35.1 Å². The molecular formula is C15H20N2O3. The molecule has 2 unspecified atom stereocenters. The fourth-order valence-electron chi connectivity index (χ4n) is 2.70. The molecule has 0 bridgehead atoms. The maximum Gasteiger partial charge on any atom is 0.321 e. The lowest BCUT2D eigenvalue weighted by Crippen LogP contribution is -2.33. The van der Waals surface area contributed by atoms with Gasteiger partial charge in [0.25, 0.3) is 0 Å². The van der Waals surface area contributed by atoms with Gasteiger partial charge in [-0.1, -0.05) is 13.0 Å². The van der Waals surface area contributed by atoms with Crippen LogP contribution in [0, 0.1) is 25.7 Å². The summed E-state index contributed by atoms with van der Waals surface area (Å²) in [6.07, 6.45) is 0. The third-order valence-corrected chi connectivity index (χ3v) is 3.69. The van der Waals surface area contributed by atoms with Crippen LogP contribution in [0.25, 0.3) is 0 Å². The second kappa shape index (κ2) is 5.53. The van der Waals surface area contributed by atoms with Crippen molar-refractivity contribution in [1.82, 2.24) is 4.90 Å². The molecule has 2 amide bonds. The van der Waals surface area contributed by atoms with E-state index in [1.54, 1.807) is 4.90 Å². The largest absolute Gasteiger partial charge is 0.481 e. The molecule has 5 heteroatoms. The molecule has 1 aromatic carbocycles. The Morgan fingerprint density at radius 2 is 1.80 bits per heavy atom. The number of carbonyl (C=O) groups is 2. The Labute approximate surface area is 118 Å². The highest BCUT2D eigenvalue weighted by Crippen LogP contribution is 2.24. The zero-order valence-corrected chi connectivity index (χ0v) is 12.0.